The van der Waals surface area contributed by atoms with E-state index < -0.39 is 0 Å². The van der Waals surface area contributed by atoms with Crippen LogP contribution < -0.4 is 0 Å². The summed E-state index contributed by atoms with van der Waals surface area (Å²) in [6.07, 6.45) is 0. The van der Waals surface area contributed by atoms with E-state index in [4.69, 9.17) is 4.74 Å². The van der Waals surface area contributed by atoms with Crippen LogP contribution in [0.2, 0.25) is 0 Å². The third kappa shape index (κ3) is 2.03. The van der Waals surface area contributed by atoms with Crippen LogP contribution >= 0.6 is 15.9 Å². The van der Waals surface area contributed by atoms with E-state index >= 15 is 0 Å². The molecule has 0 aromatic heterocycles. The summed E-state index contributed by atoms with van der Waals surface area (Å²) in [5.74, 6) is -0.222. The molecule has 0 saturated carbocycles. The molecule has 1 heterocycles. The fraction of sp³-hybridized carbons (Fsp3) is 0.286. The van der Waals surface area contributed by atoms with Gasteiger partial charge in [-0.3, -0.25) is 9.59 Å². The lowest BCUT2D eigenvalue weighted by Crippen LogP contribution is -2.40. The van der Waals surface area contributed by atoms with Crippen LogP contribution in [-0.2, 0) is 4.74 Å². The summed E-state index contributed by atoms with van der Waals surface area (Å²) < 4.78 is 5.64. The molecule has 1 aliphatic heterocycles. The highest BCUT2D eigenvalue weighted by Gasteiger charge is 2.34. The van der Waals surface area contributed by atoms with E-state index in [1.165, 1.54) is 0 Å². The second-order valence-corrected chi connectivity index (χ2v) is 5.26. The zero-order valence-electron chi connectivity index (χ0n) is 10.2. The molecule has 3 rings (SSSR count). The maximum absolute atomic E-state index is 12.5. The number of morpholine rings is 1. The minimum atomic E-state index is -0.128. The fourth-order valence-electron chi connectivity index (χ4n) is 2.40. The average Bonchev–Trinajstić information content (AvgIpc) is 2.46. The lowest BCUT2D eigenvalue weighted by Gasteiger charge is -2.32. The minimum absolute atomic E-state index is 0.0935. The molecular formula is C14H12BrNO3. The molecule has 0 bridgehead atoms. The van der Waals surface area contributed by atoms with E-state index in [-0.39, 0.29) is 11.6 Å². The molecule has 0 spiro atoms. The lowest BCUT2D eigenvalue weighted by molar-refractivity contribution is 0.0500. The molecule has 0 radical (unpaired) electrons. The molecule has 4 nitrogen and oxygen atoms in total. The second kappa shape index (κ2) is 4.90. The number of allylic oxidation sites excluding steroid dienone is 2. The highest BCUT2D eigenvalue weighted by molar-refractivity contribution is 9.12. The van der Waals surface area contributed by atoms with Crippen LogP contribution in [0.3, 0.4) is 0 Å². The first-order chi connectivity index (χ1) is 9.20. The van der Waals surface area contributed by atoms with Crippen LogP contribution in [0.25, 0.3) is 0 Å². The first kappa shape index (κ1) is 12.6. The molecule has 1 fully saturated rings. The average molecular weight is 322 g/mol. The molecule has 1 saturated heterocycles. The summed E-state index contributed by atoms with van der Waals surface area (Å²) in [4.78, 5) is 26.8. The van der Waals surface area contributed by atoms with Crippen LogP contribution in [-0.4, -0.2) is 42.8 Å². The fourth-order valence-corrected chi connectivity index (χ4v) is 3.05. The van der Waals surface area contributed by atoms with Crippen molar-refractivity contribution in [3.63, 3.8) is 0 Å². The Labute approximate surface area is 119 Å². The number of benzene rings is 1. The largest absolute Gasteiger partial charge is 0.378 e. The van der Waals surface area contributed by atoms with Crippen molar-refractivity contribution in [1.29, 1.82) is 0 Å². The zero-order chi connectivity index (χ0) is 13.4. The van der Waals surface area contributed by atoms with E-state index in [0.717, 1.165) is 0 Å². The molecule has 2 aliphatic rings. The second-order valence-electron chi connectivity index (χ2n) is 4.47. The minimum Gasteiger partial charge on any atom is -0.378 e. The maximum Gasteiger partial charge on any atom is 0.211 e. The molecule has 1 aromatic rings. The van der Waals surface area contributed by atoms with Gasteiger partial charge < -0.3 is 9.64 Å². The first-order valence-corrected chi connectivity index (χ1v) is 6.90. The molecule has 0 N–H and O–H groups in total. The quantitative estimate of drug-likeness (QED) is 0.793. The summed E-state index contributed by atoms with van der Waals surface area (Å²) in [7, 11) is 0. The summed E-state index contributed by atoms with van der Waals surface area (Å²) in [5.41, 5.74) is 1.42. The Hall–Kier alpha value is -1.46. The van der Waals surface area contributed by atoms with Gasteiger partial charge in [0.25, 0.3) is 0 Å². The Kier molecular flexibility index (Phi) is 3.24. The van der Waals surface area contributed by atoms with Gasteiger partial charge in [-0.2, -0.15) is 0 Å². The molecular weight excluding hydrogens is 310 g/mol. The van der Waals surface area contributed by atoms with Crippen LogP contribution in [0.5, 0.6) is 0 Å². The number of nitrogens with zero attached hydrogens (tertiary/aromatic N) is 1. The SMILES string of the molecule is O=C1C(Br)=C(N2CCOCC2)C(=O)c2ccccc21. The van der Waals surface area contributed by atoms with Gasteiger partial charge >= 0.3 is 0 Å². The van der Waals surface area contributed by atoms with Gasteiger partial charge in [-0.15, -0.1) is 0 Å². The van der Waals surface area contributed by atoms with E-state index in [1.54, 1.807) is 24.3 Å². The smallest absolute Gasteiger partial charge is 0.211 e. The third-order valence-electron chi connectivity index (χ3n) is 3.37. The molecule has 98 valence electrons. The van der Waals surface area contributed by atoms with Gasteiger partial charge in [-0.1, -0.05) is 24.3 Å². The van der Waals surface area contributed by atoms with Gasteiger partial charge in [-0.05, 0) is 15.9 Å². The van der Waals surface area contributed by atoms with E-state index in [1.807, 2.05) is 4.90 Å². The number of rotatable bonds is 1. The number of fused-ring (bicyclic) bond motifs is 1. The van der Waals surface area contributed by atoms with Crippen molar-refractivity contribution in [3.8, 4) is 0 Å². The van der Waals surface area contributed by atoms with Crippen molar-refractivity contribution >= 4 is 27.5 Å². The Morgan fingerprint density at radius 2 is 1.58 bits per heavy atom. The number of ketones is 2. The van der Waals surface area contributed by atoms with Gasteiger partial charge in [0, 0.05) is 24.2 Å². The summed E-state index contributed by atoms with van der Waals surface area (Å²) in [6, 6.07) is 6.94. The summed E-state index contributed by atoms with van der Waals surface area (Å²) in [6.45, 7) is 2.41. The van der Waals surface area contributed by atoms with Crippen LogP contribution in [0.1, 0.15) is 20.7 Å². The topological polar surface area (TPSA) is 46.6 Å². The Morgan fingerprint density at radius 3 is 2.21 bits per heavy atom. The standard InChI is InChI=1S/C14H12BrNO3/c15-11-12(16-5-7-19-8-6-16)14(18)10-4-2-1-3-9(10)13(11)17/h1-4H,5-8H2. The monoisotopic (exact) mass is 321 g/mol. The van der Waals surface area contributed by atoms with Gasteiger partial charge in [-0.25, -0.2) is 0 Å². The van der Waals surface area contributed by atoms with Crippen molar-refractivity contribution in [1.82, 2.24) is 4.90 Å². The van der Waals surface area contributed by atoms with Gasteiger partial charge in [0.05, 0.1) is 17.7 Å². The predicted molar refractivity (Wildman–Crippen MR) is 73.4 cm³/mol. The lowest BCUT2D eigenvalue weighted by atomic mass is 9.92. The molecule has 19 heavy (non-hydrogen) atoms. The summed E-state index contributed by atoms with van der Waals surface area (Å²) in [5, 5.41) is 0. The van der Waals surface area contributed by atoms with Gasteiger partial charge in [0.1, 0.15) is 5.70 Å². The number of ether oxygens (including phenoxy) is 1. The molecule has 0 amide bonds. The van der Waals surface area contributed by atoms with Crippen molar-refractivity contribution < 1.29 is 14.3 Å². The Morgan fingerprint density at radius 1 is 1.00 bits per heavy atom. The number of hydrogen-bond donors (Lipinski definition) is 0. The number of carbonyl (C=O) groups is 2. The number of halogens is 1. The maximum atomic E-state index is 12.5. The predicted octanol–water partition coefficient (Wildman–Crippen LogP) is 2.00. The van der Waals surface area contributed by atoms with Crippen molar-refractivity contribution in [2.24, 2.45) is 0 Å². The Bertz CT molecular complexity index is 588. The van der Waals surface area contributed by atoms with Crippen molar-refractivity contribution in [2.75, 3.05) is 26.3 Å². The number of Topliss-reactive ketones (excluding diaryl/α,β-unsaturated/α-hetero) is 2. The van der Waals surface area contributed by atoms with Crippen LogP contribution in [0.15, 0.2) is 34.4 Å². The molecule has 1 aliphatic carbocycles. The molecule has 0 atom stereocenters. The number of carbonyl (C=O) groups excluding carboxylic acids is 2. The highest BCUT2D eigenvalue weighted by Crippen LogP contribution is 2.31. The normalized spacial score (nSPS) is 19.7. The molecule has 0 unspecified atom stereocenters. The van der Waals surface area contributed by atoms with Crippen molar-refractivity contribution in [3.05, 3.63) is 45.6 Å². The van der Waals surface area contributed by atoms with Gasteiger partial charge in [0.15, 0.2) is 0 Å². The third-order valence-corrected chi connectivity index (χ3v) is 4.10. The van der Waals surface area contributed by atoms with E-state index in [9.17, 15) is 9.59 Å². The van der Waals surface area contributed by atoms with E-state index in [0.29, 0.717) is 47.6 Å². The van der Waals surface area contributed by atoms with Crippen molar-refractivity contribution in [2.45, 2.75) is 0 Å². The summed E-state index contributed by atoms with van der Waals surface area (Å²) >= 11 is 3.29. The zero-order valence-corrected chi connectivity index (χ0v) is 11.8. The molecule has 1 aromatic carbocycles. The van der Waals surface area contributed by atoms with Gasteiger partial charge in [0.2, 0.25) is 11.6 Å². The van der Waals surface area contributed by atoms with Crippen LogP contribution in [0.4, 0.5) is 0 Å². The number of hydrogen-bond acceptors (Lipinski definition) is 4. The Balaban J connectivity index is 2.07. The first-order valence-electron chi connectivity index (χ1n) is 6.11. The van der Waals surface area contributed by atoms with Crippen LogP contribution in [0, 0.1) is 0 Å². The van der Waals surface area contributed by atoms with E-state index in [2.05, 4.69) is 15.9 Å². The molecule has 5 heteroatoms. The highest BCUT2D eigenvalue weighted by atomic mass is 79.9.